The van der Waals surface area contributed by atoms with Crippen molar-refractivity contribution in [1.29, 1.82) is 0 Å². The Morgan fingerprint density at radius 3 is 2.55 bits per heavy atom. The number of hydrogen-bond donors (Lipinski definition) is 1. The number of nitrogens with one attached hydrogen (secondary N) is 1. The molecule has 1 aliphatic heterocycles. The molecule has 2 aromatic rings. The maximum absolute atomic E-state index is 12.6. The fraction of sp³-hybridized carbons (Fsp3) is 0.368. The van der Waals surface area contributed by atoms with Crippen molar-refractivity contribution < 1.29 is 22.9 Å². The minimum atomic E-state index is -4.42. The van der Waals surface area contributed by atoms with Crippen molar-refractivity contribution in [2.45, 2.75) is 31.5 Å². The highest BCUT2D eigenvalue weighted by molar-refractivity contribution is 5.76. The van der Waals surface area contributed by atoms with Gasteiger partial charge in [0, 0.05) is 43.9 Å². The van der Waals surface area contributed by atoms with E-state index in [9.17, 15) is 28.1 Å². The first-order chi connectivity index (χ1) is 13.7. The lowest BCUT2D eigenvalue weighted by Gasteiger charge is -2.18. The summed E-state index contributed by atoms with van der Waals surface area (Å²) in [4.78, 5) is 28.0. The van der Waals surface area contributed by atoms with Crippen LogP contribution in [0.15, 0.2) is 42.6 Å². The van der Waals surface area contributed by atoms with Gasteiger partial charge >= 0.3 is 6.18 Å². The molecule has 10 heteroatoms. The van der Waals surface area contributed by atoms with Crippen LogP contribution >= 0.6 is 0 Å². The molecule has 1 aromatic carbocycles. The number of aromatic nitrogens is 1. The minimum Gasteiger partial charge on any atom is -0.354 e. The maximum atomic E-state index is 12.6. The van der Waals surface area contributed by atoms with Crippen molar-refractivity contribution in [1.82, 2.24) is 10.3 Å². The van der Waals surface area contributed by atoms with Crippen LogP contribution in [0.4, 0.5) is 24.7 Å². The zero-order valence-electron chi connectivity index (χ0n) is 15.4. The Morgan fingerprint density at radius 2 is 1.97 bits per heavy atom. The number of carbonyl (C=O) groups excluding carboxylic acids is 1. The molecule has 1 unspecified atom stereocenters. The number of rotatable bonds is 6. The van der Waals surface area contributed by atoms with Gasteiger partial charge in [0.15, 0.2) is 0 Å². The average Bonchev–Trinajstić information content (AvgIpc) is 3.14. The number of benzene rings is 1. The smallest absolute Gasteiger partial charge is 0.354 e. The number of alkyl halides is 3. The monoisotopic (exact) mass is 408 g/mol. The lowest BCUT2D eigenvalue weighted by Crippen LogP contribution is -2.37. The van der Waals surface area contributed by atoms with Crippen molar-refractivity contribution in [3.8, 4) is 0 Å². The number of amides is 1. The summed E-state index contributed by atoms with van der Waals surface area (Å²) in [6.07, 6.45) is -2.23. The number of nitro groups is 1. The summed E-state index contributed by atoms with van der Waals surface area (Å²) in [5.74, 6) is 0.302. The zero-order valence-corrected chi connectivity index (χ0v) is 15.4. The van der Waals surface area contributed by atoms with E-state index in [4.69, 9.17) is 0 Å². The third-order valence-electron chi connectivity index (χ3n) is 4.74. The molecule has 7 nitrogen and oxygen atoms in total. The largest absolute Gasteiger partial charge is 0.417 e. The molecule has 1 saturated heterocycles. The van der Waals surface area contributed by atoms with Crippen LogP contribution in [-0.2, 0) is 17.4 Å². The first kappa shape index (κ1) is 20.6. The molecule has 0 radical (unpaired) electrons. The van der Waals surface area contributed by atoms with E-state index in [1.807, 2.05) is 4.90 Å². The van der Waals surface area contributed by atoms with Gasteiger partial charge in [-0.2, -0.15) is 13.2 Å². The predicted octanol–water partition coefficient (Wildman–Crippen LogP) is 3.34. The topological polar surface area (TPSA) is 88.4 Å². The highest BCUT2D eigenvalue weighted by atomic mass is 19.4. The van der Waals surface area contributed by atoms with Gasteiger partial charge < -0.3 is 10.2 Å². The highest BCUT2D eigenvalue weighted by Gasteiger charge is 2.31. The fourth-order valence-electron chi connectivity index (χ4n) is 3.17. The van der Waals surface area contributed by atoms with Crippen LogP contribution in [0.5, 0.6) is 0 Å². The van der Waals surface area contributed by atoms with Gasteiger partial charge in [-0.1, -0.05) is 12.1 Å². The Hall–Kier alpha value is -3.17. The third kappa shape index (κ3) is 5.43. The standard InChI is InChI=1S/C19H19F3N4O3/c20-19(21,22)14-4-7-17(23-11-14)25-10-9-15(12-25)24-18(27)8-3-13-1-5-16(6-2-13)26(28)29/h1-2,4-7,11,15H,3,8-10,12H2,(H,24,27). The number of pyridine rings is 1. The Labute approximate surface area is 164 Å². The molecule has 1 aliphatic rings. The molecule has 0 spiro atoms. The van der Waals surface area contributed by atoms with E-state index in [0.717, 1.165) is 17.8 Å². The van der Waals surface area contributed by atoms with E-state index in [1.54, 1.807) is 12.1 Å². The van der Waals surface area contributed by atoms with Crippen molar-refractivity contribution in [2.75, 3.05) is 18.0 Å². The Bertz CT molecular complexity index is 870. The number of aryl methyl sites for hydroxylation is 1. The van der Waals surface area contributed by atoms with Gasteiger partial charge in [-0.05, 0) is 30.5 Å². The van der Waals surface area contributed by atoms with E-state index in [0.29, 0.717) is 31.7 Å². The zero-order chi connectivity index (χ0) is 21.0. The van der Waals surface area contributed by atoms with Gasteiger partial charge in [-0.25, -0.2) is 4.98 Å². The molecule has 29 heavy (non-hydrogen) atoms. The van der Waals surface area contributed by atoms with Gasteiger partial charge in [-0.3, -0.25) is 14.9 Å². The lowest BCUT2D eigenvalue weighted by molar-refractivity contribution is -0.384. The van der Waals surface area contributed by atoms with Gasteiger partial charge in [0.25, 0.3) is 5.69 Å². The summed E-state index contributed by atoms with van der Waals surface area (Å²) in [5.41, 5.74) is 0.0328. The summed E-state index contributed by atoms with van der Waals surface area (Å²) in [6, 6.07) is 8.28. The number of non-ortho nitro benzene ring substituents is 1. The van der Waals surface area contributed by atoms with Crippen molar-refractivity contribution in [2.24, 2.45) is 0 Å². The number of halogens is 3. The van der Waals surface area contributed by atoms with Gasteiger partial charge in [-0.15, -0.1) is 0 Å². The van der Waals surface area contributed by atoms with E-state index in [2.05, 4.69) is 10.3 Å². The van der Waals surface area contributed by atoms with E-state index in [1.165, 1.54) is 18.2 Å². The van der Waals surface area contributed by atoms with Gasteiger partial charge in [0.2, 0.25) is 5.91 Å². The van der Waals surface area contributed by atoms with Crippen LogP contribution in [0, 0.1) is 10.1 Å². The molecule has 2 heterocycles. The number of anilines is 1. The Kier molecular flexibility index (Phi) is 6.00. The molecule has 1 atom stereocenters. The number of nitro benzene ring substituents is 1. The normalized spacial score (nSPS) is 16.7. The number of hydrogen-bond acceptors (Lipinski definition) is 5. The van der Waals surface area contributed by atoms with Crippen molar-refractivity contribution in [3.63, 3.8) is 0 Å². The van der Waals surface area contributed by atoms with E-state index < -0.39 is 16.7 Å². The third-order valence-corrected chi connectivity index (χ3v) is 4.74. The molecule has 1 amide bonds. The van der Waals surface area contributed by atoms with E-state index >= 15 is 0 Å². The Balaban J connectivity index is 1.46. The van der Waals surface area contributed by atoms with Crippen molar-refractivity contribution >= 4 is 17.4 Å². The fourth-order valence-corrected chi connectivity index (χ4v) is 3.17. The summed E-state index contributed by atoms with van der Waals surface area (Å²) in [7, 11) is 0. The van der Waals surface area contributed by atoms with Gasteiger partial charge in [0.05, 0.1) is 10.5 Å². The second-order valence-electron chi connectivity index (χ2n) is 6.83. The average molecular weight is 408 g/mol. The first-order valence-corrected chi connectivity index (χ1v) is 9.03. The molecule has 154 valence electrons. The molecule has 0 aliphatic carbocycles. The van der Waals surface area contributed by atoms with E-state index in [-0.39, 0.29) is 24.1 Å². The molecule has 1 fully saturated rings. The minimum absolute atomic E-state index is 0.00104. The van der Waals surface area contributed by atoms with Crippen LogP contribution in [-0.4, -0.2) is 34.9 Å². The molecule has 1 N–H and O–H groups in total. The second-order valence-corrected chi connectivity index (χ2v) is 6.83. The second kappa shape index (κ2) is 8.46. The highest BCUT2D eigenvalue weighted by Crippen LogP contribution is 2.29. The molecule has 0 saturated carbocycles. The first-order valence-electron chi connectivity index (χ1n) is 9.03. The number of nitrogens with zero attached hydrogens (tertiary/aromatic N) is 3. The Morgan fingerprint density at radius 1 is 1.24 bits per heavy atom. The molecule has 0 bridgehead atoms. The van der Waals surface area contributed by atoms with Crippen LogP contribution in [0.3, 0.4) is 0 Å². The van der Waals surface area contributed by atoms with Crippen molar-refractivity contribution in [3.05, 3.63) is 63.8 Å². The molecule has 3 rings (SSSR count). The van der Waals surface area contributed by atoms with Crippen LogP contribution in [0.2, 0.25) is 0 Å². The van der Waals surface area contributed by atoms with Gasteiger partial charge in [0.1, 0.15) is 5.82 Å². The summed E-state index contributed by atoms with van der Waals surface area (Å²) < 4.78 is 37.9. The predicted molar refractivity (Wildman–Crippen MR) is 99.4 cm³/mol. The summed E-state index contributed by atoms with van der Waals surface area (Å²) >= 11 is 0. The number of carbonyl (C=O) groups is 1. The quantitative estimate of drug-likeness (QED) is 0.585. The maximum Gasteiger partial charge on any atom is 0.417 e. The molecule has 1 aromatic heterocycles. The van der Waals surface area contributed by atoms with Crippen LogP contribution in [0.25, 0.3) is 0 Å². The van der Waals surface area contributed by atoms with Crippen LogP contribution in [0.1, 0.15) is 24.0 Å². The molecular weight excluding hydrogens is 389 g/mol. The summed E-state index contributed by atoms with van der Waals surface area (Å²) in [5, 5.41) is 13.6. The SMILES string of the molecule is O=C(CCc1ccc([N+](=O)[O-])cc1)NC1CCN(c2ccc(C(F)(F)F)cn2)C1. The lowest BCUT2D eigenvalue weighted by atomic mass is 10.1. The molecular formula is C19H19F3N4O3. The summed E-state index contributed by atoms with van der Waals surface area (Å²) in [6.45, 7) is 1.06. The van der Waals surface area contributed by atoms with Crippen LogP contribution < -0.4 is 10.2 Å².